The fourth-order valence-corrected chi connectivity index (χ4v) is 3.12. The van der Waals surface area contributed by atoms with Crippen LogP contribution in [0.4, 0.5) is 0 Å². The van der Waals surface area contributed by atoms with Crippen molar-refractivity contribution in [1.29, 1.82) is 0 Å². The Hall–Kier alpha value is -0.980. The lowest BCUT2D eigenvalue weighted by atomic mass is 10.1. The van der Waals surface area contributed by atoms with Crippen molar-refractivity contribution in [3.63, 3.8) is 0 Å². The molecule has 0 radical (unpaired) electrons. The van der Waals surface area contributed by atoms with Gasteiger partial charge in [-0.1, -0.05) is 13.8 Å². The van der Waals surface area contributed by atoms with Crippen LogP contribution in [0.15, 0.2) is 5.38 Å². The maximum Gasteiger partial charge on any atom is 0.270 e. The number of thiazole rings is 1. The van der Waals surface area contributed by atoms with Crippen molar-refractivity contribution in [2.24, 2.45) is 5.92 Å². The van der Waals surface area contributed by atoms with Gasteiger partial charge >= 0.3 is 0 Å². The molecule has 0 aliphatic carbocycles. The lowest BCUT2D eigenvalue weighted by molar-refractivity contribution is 0.0893. The van der Waals surface area contributed by atoms with Crippen molar-refractivity contribution >= 4 is 17.2 Å². The van der Waals surface area contributed by atoms with Gasteiger partial charge in [-0.3, -0.25) is 4.79 Å². The SMILES string of the molecule is CC(C)CC(O)CNC(=O)c1csc(C2CCCO2)n1. The minimum Gasteiger partial charge on any atom is -0.391 e. The highest BCUT2D eigenvalue weighted by Crippen LogP contribution is 2.30. The number of ether oxygens (including phenoxy) is 1. The Morgan fingerprint density at radius 3 is 3.10 bits per heavy atom. The van der Waals surface area contributed by atoms with Gasteiger partial charge in [0, 0.05) is 18.5 Å². The maximum atomic E-state index is 11.9. The van der Waals surface area contributed by atoms with Crippen LogP contribution >= 0.6 is 11.3 Å². The first-order valence-electron chi connectivity index (χ1n) is 7.09. The van der Waals surface area contributed by atoms with Gasteiger partial charge in [0.05, 0.1) is 6.10 Å². The van der Waals surface area contributed by atoms with Gasteiger partial charge in [-0.05, 0) is 25.2 Å². The Morgan fingerprint density at radius 1 is 1.65 bits per heavy atom. The van der Waals surface area contributed by atoms with Crippen molar-refractivity contribution in [3.05, 3.63) is 16.1 Å². The molecule has 1 aliphatic rings. The fraction of sp³-hybridized carbons (Fsp3) is 0.714. The number of aliphatic hydroxyl groups is 1. The third kappa shape index (κ3) is 4.26. The molecule has 1 aliphatic heterocycles. The Balaban J connectivity index is 1.83. The number of nitrogens with zero attached hydrogens (tertiary/aromatic N) is 1. The molecule has 2 rings (SSSR count). The van der Waals surface area contributed by atoms with E-state index >= 15 is 0 Å². The van der Waals surface area contributed by atoms with Crippen LogP contribution < -0.4 is 5.32 Å². The summed E-state index contributed by atoms with van der Waals surface area (Å²) in [5, 5.41) is 15.1. The van der Waals surface area contributed by atoms with Crippen molar-refractivity contribution in [2.75, 3.05) is 13.2 Å². The number of aliphatic hydroxyl groups excluding tert-OH is 1. The molecule has 2 heterocycles. The van der Waals surface area contributed by atoms with E-state index in [2.05, 4.69) is 10.3 Å². The van der Waals surface area contributed by atoms with E-state index in [4.69, 9.17) is 4.74 Å². The van der Waals surface area contributed by atoms with Gasteiger partial charge in [-0.2, -0.15) is 0 Å². The molecule has 1 saturated heterocycles. The van der Waals surface area contributed by atoms with Crippen LogP contribution in [0.25, 0.3) is 0 Å². The van der Waals surface area contributed by atoms with Crippen LogP contribution in [0.1, 0.15) is 54.7 Å². The maximum absolute atomic E-state index is 11.9. The van der Waals surface area contributed by atoms with E-state index < -0.39 is 6.10 Å². The average molecular weight is 298 g/mol. The van der Waals surface area contributed by atoms with Gasteiger partial charge < -0.3 is 15.2 Å². The van der Waals surface area contributed by atoms with Crippen LogP contribution in [0.5, 0.6) is 0 Å². The minimum atomic E-state index is -0.504. The third-order valence-corrected chi connectivity index (χ3v) is 4.14. The standard InChI is InChI=1S/C14H22N2O3S/c1-9(2)6-10(17)7-15-13(18)11-8-20-14(16-11)12-4-3-5-19-12/h8-10,12,17H,3-7H2,1-2H3,(H,15,18). The summed E-state index contributed by atoms with van der Waals surface area (Å²) in [5.41, 5.74) is 0.414. The van der Waals surface area contributed by atoms with Crippen molar-refractivity contribution < 1.29 is 14.6 Å². The van der Waals surface area contributed by atoms with E-state index in [0.29, 0.717) is 18.0 Å². The summed E-state index contributed by atoms with van der Waals surface area (Å²) in [6, 6.07) is 0. The molecule has 6 heteroatoms. The van der Waals surface area contributed by atoms with Gasteiger partial charge in [0.25, 0.3) is 5.91 Å². The monoisotopic (exact) mass is 298 g/mol. The Kier molecular flexibility index (Phi) is 5.51. The van der Waals surface area contributed by atoms with Gasteiger partial charge in [-0.25, -0.2) is 4.98 Å². The fourth-order valence-electron chi connectivity index (χ4n) is 2.24. The molecule has 0 aromatic carbocycles. The lowest BCUT2D eigenvalue weighted by Crippen LogP contribution is -2.33. The number of nitrogens with one attached hydrogen (secondary N) is 1. The van der Waals surface area contributed by atoms with Crippen molar-refractivity contribution in [3.8, 4) is 0 Å². The third-order valence-electron chi connectivity index (χ3n) is 3.20. The van der Waals surface area contributed by atoms with Gasteiger partial charge in [-0.15, -0.1) is 11.3 Å². The molecular weight excluding hydrogens is 276 g/mol. The first-order valence-corrected chi connectivity index (χ1v) is 7.97. The highest BCUT2D eigenvalue weighted by atomic mass is 32.1. The number of hydrogen-bond donors (Lipinski definition) is 2. The molecule has 2 N–H and O–H groups in total. The smallest absolute Gasteiger partial charge is 0.270 e. The summed E-state index contributed by atoms with van der Waals surface area (Å²) in [5.74, 6) is 0.181. The summed E-state index contributed by atoms with van der Waals surface area (Å²) in [6.07, 6.45) is 2.25. The largest absolute Gasteiger partial charge is 0.391 e. The van der Waals surface area contributed by atoms with Crippen LogP contribution in [0.2, 0.25) is 0 Å². The lowest BCUT2D eigenvalue weighted by Gasteiger charge is -2.13. The zero-order chi connectivity index (χ0) is 14.5. The second-order valence-electron chi connectivity index (χ2n) is 5.57. The summed E-state index contributed by atoms with van der Waals surface area (Å²) in [7, 11) is 0. The molecule has 1 fully saturated rings. The van der Waals surface area contributed by atoms with E-state index in [0.717, 1.165) is 24.5 Å². The summed E-state index contributed by atoms with van der Waals surface area (Å²) < 4.78 is 5.55. The first-order chi connectivity index (χ1) is 9.56. The summed E-state index contributed by atoms with van der Waals surface area (Å²) >= 11 is 1.46. The molecule has 1 amide bonds. The number of rotatable bonds is 6. The topological polar surface area (TPSA) is 71.5 Å². The van der Waals surface area contributed by atoms with Gasteiger partial charge in [0.15, 0.2) is 0 Å². The summed E-state index contributed by atoms with van der Waals surface area (Å²) in [4.78, 5) is 16.3. The molecule has 1 aromatic rings. The van der Waals surface area contributed by atoms with E-state index in [-0.39, 0.29) is 18.6 Å². The number of hydrogen-bond acceptors (Lipinski definition) is 5. The molecule has 2 atom stereocenters. The Labute approximate surface area is 123 Å². The highest BCUT2D eigenvalue weighted by molar-refractivity contribution is 7.09. The second-order valence-corrected chi connectivity index (χ2v) is 6.46. The quantitative estimate of drug-likeness (QED) is 0.844. The van der Waals surface area contributed by atoms with Gasteiger partial charge in [0.1, 0.15) is 16.8 Å². The first kappa shape index (κ1) is 15.4. The van der Waals surface area contributed by atoms with E-state index in [1.807, 2.05) is 13.8 Å². The number of aromatic nitrogens is 1. The van der Waals surface area contributed by atoms with Crippen molar-refractivity contribution in [2.45, 2.75) is 45.3 Å². The Morgan fingerprint density at radius 2 is 2.45 bits per heavy atom. The predicted molar refractivity (Wildman–Crippen MR) is 77.8 cm³/mol. The molecule has 112 valence electrons. The molecule has 0 bridgehead atoms. The van der Waals surface area contributed by atoms with E-state index in [1.165, 1.54) is 11.3 Å². The minimum absolute atomic E-state index is 0.0491. The molecule has 1 aromatic heterocycles. The van der Waals surface area contributed by atoms with E-state index in [9.17, 15) is 9.90 Å². The Bertz CT molecular complexity index is 441. The van der Waals surface area contributed by atoms with Crippen LogP contribution in [0, 0.1) is 5.92 Å². The molecule has 5 nitrogen and oxygen atoms in total. The highest BCUT2D eigenvalue weighted by Gasteiger charge is 2.22. The summed E-state index contributed by atoms with van der Waals surface area (Å²) in [6.45, 7) is 5.12. The molecule has 0 spiro atoms. The molecular formula is C14H22N2O3S. The zero-order valence-electron chi connectivity index (χ0n) is 12.0. The number of carbonyl (C=O) groups is 1. The number of carbonyl (C=O) groups excluding carboxylic acids is 1. The van der Waals surface area contributed by atoms with Crippen LogP contribution in [-0.4, -0.2) is 35.3 Å². The van der Waals surface area contributed by atoms with Gasteiger partial charge in [0.2, 0.25) is 0 Å². The second kappa shape index (κ2) is 7.15. The molecule has 20 heavy (non-hydrogen) atoms. The molecule has 0 saturated carbocycles. The van der Waals surface area contributed by atoms with Crippen LogP contribution in [-0.2, 0) is 4.74 Å². The van der Waals surface area contributed by atoms with Crippen molar-refractivity contribution in [1.82, 2.24) is 10.3 Å². The van der Waals surface area contributed by atoms with Crippen LogP contribution in [0.3, 0.4) is 0 Å². The normalized spacial score (nSPS) is 20.3. The van der Waals surface area contributed by atoms with E-state index in [1.54, 1.807) is 5.38 Å². The average Bonchev–Trinajstić information content (AvgIpc) is 3.04. The molecule has 2 unspecified atom stereocenters. The zero-order valence-corrected chi connectivity index (χ0v) is 12.8. The number of amides is 1. The predicted octanol–water partition coefficient (Wildman–Crippen LogP) is 2.13.